The van der Waals surface area contributed by atoms with Crippen molar-refractivity contribution in [3.8, 4) is 0 Å². The summed E-state index contributed by atoms with van der Waals surface area (Å²) in [6.07, 6.45) is 1.24. The molecular weight excluding hydrogens is 268 g/mol. The van der Waals surface area contributed by atoms with Crippen molar-refractivity contribution in [1.82, 2.24) is 10.2 Å². The number of carbonyl (C=O) groups is 1. The molecule has 0 aromatic carbocycles. The summed E-state index contributed by atoms with van der Waals surface area (Å²) in [6.45, 7) is 15.2. The van der Waals surface area contributed by atoms with Crippen molar-refractivity contribution in [2.45, 2.75) is 71.8 Å². The predicted molar refractivity (Wildman–Crippen MR) is 84.4 cm³/mol. The first kappa shape index (κ1) is 18.4. The molecule has 0 spiro atoms. The van der Waals surface area contributed by atoms with E-state index >= 15 is 0 Å². The van der Waals surface area contributed by atoms with Gasteiger partial charge in [0.15, 0.2) is 0 Å². The zero-order chi connectivity index (χ0) is 16.0. The van der Waals surface area contributed by atoms with Crippen LogP contribution in [-0.2, 0) is 14.3 Å². The number of ether oxygens (including phenoxy) is 2. The topological polar surface area (TPSA) is 50.8 Å². The minimum absolute atomic E-state index is 0.159. The van der Waals surface area contributed by atoms with Crippen molar-refractivity contribution < 1.29 is 14.3 Å². The van der Waals surface area contributed by atoms with E-state index in [0.29, 0.717) is 6.61 Å². The summed E-state index contributed by atoms with van der Waals surface area (Å²) in [7, 11) is 0. The van der Waals surface area contributed by atoms with Gasteiger partial charge < -0.3 is 9.47 Å². The second-order valence-corrected chi connectivity index (χ2v) is 6.62. The lowest BCUT2D eigenvalue weighted by Gasteiger charge is -2.38. The lowest BCUT2D eigenvalue weighted by molar-refractivity contribution is -0.151. The maximum absolute atomic E-state index is 12.3. The monoisotopic (exact) mass is 300 g/mol. The third-order valence-electron chi connectivity index (χ3n) is 3.76. The van der Waals surface area contributed by atoms with Gasteiger partial charge in [0.1, 0.15) is 5.54 Å². The molecule has 0 saturated carbocycles. The van der Waals surface area contributed by atoms with Crippen molar-refractivity contribution >= 4 is 5.97 Å². The van der Waals surface area contributed by atoms with Crippen molar-refractivity contribution in [3.63, 3.8) is 0 Å². The van der Waals surface area contributed by atoms with E-state index in [1.165, 1.54) is 0 Å². The van der Waals surface area contributed by atoms with E-state index in [0.717, 1.165) is 26.1 Å². The minimum atomic E-state index is -0.630. The van der Waals surface area contributed by atoms with Gasteiger partial charge in [0, 0.05) is 25.7 Å². The summed E-state index contributed by atoms with van der Waals surface area (Å²) >= 11 is 0. The summed E-state index contributed by atoms with van der Waals surface area (Å²) in [5.41, 5.74) is -0.630. The first-order chi connectivity index (χ1) is 9.76. The van der Waals surface area contributed by atoms with Gasteiger partial charge in [-0.05, 0) is 48.0 Å². The smallest absolute Gasteiger partial charge is 0.326 e. The number of nitrogens with zero attached hydrogens (tertiary/aromatic N) is 1. The van der Waals surface area contributed by atoms with Crippen LogP contribution in [0.15, 0.2) is 0 Å². The van der Waals surface area contributed by atoms with Gasteiger partial charge in [0.25, 0.3) is 0 Å². The number of hydrogen-bond acceptors (Lipinski definition) is 5. The van der Waals surface area contributed by atoms with E-state index in [2.05, 4.69) is 37.9 Å². The molecule has 1 fully saturated rings. The van der Waals surface area contributed by atoms with Gasteiger partial charge in [-0.15, -0.1) is 0 Å². The standard InChI is InChI=1S/C16H32N2O3/c1-7-20-15(19)16(6,17-12(2)3)8-9-18-10-13(4)21-14(5)11-18/h12-14,17H,7-11H2,1-6H3. The molecule has 3 unspecified atom stereocenters. The summed E-state index contributed by atoms with van der Waals surface area (Å²) in [6, 6.07) is 0.238. The number of carbonyl (C=O) groups excluding carboxylic acids is 1. The van der Waals surface area contributed by atoms with Gasteiger partial charge in [0.2, 0.25) is 0 Å². The normalized spacial score (nSPS) is 26.6. The molecular formula is C16H32N2O3. The number of nitrogens with one attached hydrogen (secondary N) is 1. The largest absolute Gasteiger partial charge is 0.465 e. The molecule has 1 aliphatic rings. The first-order valence-electron chi connectivity index (χ1n) is 8.09. The average Bonchev–Trinajstić information content (AvgIpc) is 2.35. The van der Waals surface area contributed by atoms with E-state index in [4.69, 9.17) is 9.47 Å². The molecule has 3 atom stereocenters. The molecule has 5 nitrogen and oxygen atoms in total. The van der Waals surface area contributed by atoms with Crippen LogP contribution < -0.4 is 5.32 Å². The van der Waals surface area contributed by atoms with Gasteiger partial charge in [-0.25, -0.2) is 0 Å². The number of morpholine rings is 1. The summed E-state index contributed by atoms with van der Waals surface area (Å²) in [5.74, 6) is -0.159. The van der Waals surface area contributed by atoms with Crippen LogP contribution in [0.3, 0.4) is 0 Å². The Morgan fingerprint density at radius 2 is 1.95 bits per heavy atom. The van der Waals surface area contributed by atoms with Gasteiger partial charge in [-0.3, -0.25) is 15.0 Å². The van der Waals surface area contributed by atoms with Gasteiger partial charge in [-0.1, -0.05) is 0 Å². The Labute approximate surface area is 129 Å². The lowest BCUT2D eigenvalue weighted by atomic mass is 9.96. The molecule has 5 heteroatoms. The van der Waals surface area contributed by atoms with Crippen LogP contribution in [0.1, 0.15) is 48.0 Å². The quantitative estimate of drug-likeness (QED) is 0.727. The third-order valence-corrected chi connectivity index (χ3v) is 3.76. The Hall–Kier alpha value is -0.650. The van der Waals surface area contributed by atoms with Crippen molar-refractivity contribution in [3.05, 3.63) is 0 Å². The molecule has 1 rings (SSSR count). The molecule has 0 bridgehead atoms. The average molecular weight is 300 g/mol. The van der Waals surface area contributed by atoms with Crippen LogP contribution in [0.25, 0.3) is 0 Å². The lowest BCUT2D eigenvalue weighted by Crippen LogP contribution is -2.55. The fraction of sp³-hybridized carbons (Fsp3) is 0.938. The van der Waals surface area contributed by atoms with E-state index in [1.54, 1.807) is 0 Å². The maximum Gasteiger partial charge on any atom is 0.326 e. The van der Waals surface area contributed by atoms with Crippen LogP contribution >= 0.6 is 0 Å². The summed E-state index contributed by atoms with van der Waals surface area (Å²) < 4.78 is 11.0. The Balaban J connectivity index is 2.62. The molecule has 0 radical (unpaired) electrons. The zero-order valence-corrected chi connectivity index (χ0v) is 14.4. The molecule has 0 amide bonds. The highest BCUT2D eigenvalue weighted by Gasteiger charge is 2.36. The molecule has 1 aliphatic heterocycles. The molecule has 0 aromatic rings. The molecule has 21 heavy (non-hydrogen) atoms. The highest BCUT2D eigenvalue weighted by Crippen LogP contribution is 2.17. The number of hydrogen-bond donors (Lipinski definition) is 1. The number of rotatable bonds is 7. The van der Waals surface area contributed by atoms with Crippen LogP contribution in [0.2, 0.25) is 0 Å². The zero-order valence-electron chi connectivity index (χ0n) is 14.4. The predicted octanol–water partition coefficient (Wildman–Crippen LogP) is 1.81. The van der Waals surface area contributed by atoms with Crippen molar-refractivity contribution in [1.29, 1.82) is 0 Å². The van der Waals surface area contributed by atoms with Gasteiger partial charge in [-0.2, -0.15) is 0 Å². The van der Waals surface area contributed by atoms with Gasteiger partial charge in [0.05, 0.1) is 18.8 Å². The highest BCUT2D eigenvalue weighted by molar-refractivity contribution is 5.80. The van der Waals surface area contributed by atoms with Gasteiger partial charge >= 0.3 is 5.97 Å². The first-order valence-corrected chi connectivity index (χ1v) is 8.09. The van der Waals surface area contributed by atoms with Crippen LogP contribution in [0.4, 0.5) is 0 Å². The highest BCUT2D eigenvalue weighted by atomic mass is 16.5. The van der Waals surface area contributed by atoms with E-state index in [1.807, 2.05) is 13.8 Å². The Kier molecular flexibility index (Phi) is 7.10. The van der Waals surface area contributed by atoms with Crippen molar-refractivity contribution in [2.24, 2.45) is 0 Å². The third kappa shape index (κ3) is 5.93. The number of esters is 1. The van der Waals surface area contributed by atoms with E-state index in [-0.39, 0.29) is 24.2 Å². The summed E-state index contributed by atoms with van der Waals surface area (Å²) in [4.78, 5) is 14.6. The molecule has 1 heterocycles. The minimum Gasteiger partial charge on any atom is -0.465 e. The Morgan fingerprint density at radius 3 is 2.43 bits per heavy atom. The molecule has 0 aromatic heterocycles. The van der Waals surface area contributed by atoms with E-state index < -0.39 is 5.54 Å². The Morgan fingerprint density at radius 1 is 1.38 bits per heavy atom. The molecule has 1 saturated heterocycles. The maximum atomic E-state index is 12.3. The fourth-order valence-corrected chi connectivity index (χ4v) is 3.01. The Bertz CT molecular complexity index is 325. The second kappa shape index (κ2) is 8.11. The van der Waals surface area contributed by atoms with E-state index in [9.17, 15) is 4.79 Å². The summed E-state index contributed by atoms with van der Waals surface area (Å²) in [5, 5.41) is 3.37. The second-order valence-electron chi connectivity index (χ2n) is 6.62. The molecule has 0 aliphatic carbocycles. The fourth-order valence-electron chi connectivity index (χ4n) is 3.01. The van der Waals surface area contributed by atoms with Crippen LogP contribution in [0, 0.1) is 0 Å². The van der Waals surface area contributed by atoms with Crippen LogP contribution in [0.5, 0.6) is 0 Å². The SMILES string of the molecule is CCOC(=O)C(C)(CCN1CC(C)OC(C)C1)NC(C)C. The van der Waals surface area contributed by atoms with Crippen LogP contribution in [-0.4, -0.2) is 60.9 Å². The molecule has 1 N–H and O–H groups in total. The molecule has 124 valence electrons. The van der Waals surface area contributed by atoms with Crippen molar-refractivity contribution in [2.75, 3.05) is 26.2 Å².